The molecule has 2 heterocycles. The van der Waals surface area contributed by atoms with E-state index in [1.165, 1.54) is 0 Å². The molecular weight excluding hydrogens is 286 g/mol. The maximum atomic E-state index is 11.7. The smallest absolute Gasteiger partial charge is 0.237 e. The summed E-state index contributed by atoms with van der Waals surface area (Å²) in [6, 6.07) is 5.97. The Hall–Kier alpha value is -1.60. The highest BCUT2D eigenvalue weighted by atomic mass is 32.2. The lowest BCUT2D eigenvalue weighted by Crippen LogP contribution is -2.55. The quantitative estimate of drug-likeness (QED) is 0.756. The number of hydrogen-bond acceptors (Lipinski definition) is 5. The van der Waals surface area contributed by atoms with E-state index in [0.29, 0.717) is 6.42 Å². The third kappa shape index (κ3) is 3.74. The molecule has 3 N–H and O–H groups in total. The van der Waals surface area contributed by atoms with Gasteiger partial charge in [0.25, 0.3) is 0 Å². The Morgan fingerprint density at radius 2 is 2.24 bits per heavy atom. The summed E-state index contributed by atoms with van der Waals surface area (Å²) in [5.41, 5.74) is 5.64. The number of primary amides is 1. The van der Waals surface area contributed by atoms with E-state index in [1.54, 1.807) is 11.8 Å². The van der Waals surface area contributed by atoms with Gasteiger partial charge in [-0.3, -0.25) is 9.20 Å². The predicted molar refractivity (Wildman–Crippen MR) is 84.2 cm³/mol. The van der Waals surface area contributed by atoms with Gasteiger partial charge in [0.2, 0.25) is 5.91 Å². The number of nitrogens with one attached hydrogen (secondary N) is 1. The number of fused-ring (bicyclic) bond motifs is 1. The van der Waals surface area contributed by atoms with E-state index in [-0.39, 0.29) is 11.9 Å². The van der Waals surface area contributed by atoms with Crippen molar-refractivity contribution in [2.24, 2.45) is 5.73 Å². The Labute approximate surface area is 128 Å². The topological polar surface area (TPSA) is 85.3 Å². The summed E-state index contributed by atoms with van der Waals surface area (Å²) < 4.78 is 1.93. The highest BCUT2D eigenvalue weighted by Gasteiger charge is 2.31. The van der Waals surface area contributed by atoms with Crippen LogP contribution in [0.1, 0.15) is 27.2 Å². The molecule has 7 heteroatoms. The number of rotatable bonds is 7. The predicted octanol–water partition coefficient (Wildman–Crippen LogP) is 1.45. The number of carbonyl (C=O) groups excluding carboxylic acids is 1. The minimum atomic E-state index is -0.707. The van der Waals surface area contributed by atoms with E-state index in [2.05, 4.69) is 15.5 Å². The highest BCUT2D eigenvalue weighted by Crippen LogP contribution is 2.21. The molecule has 2 aromatic heterocycles. The maximum absolute atomic E-state index is 11.7. The summed E-state index contributed by atoms with van der Waals surface area (Å²) in [4.78, 5) is 11.7. The van der Waals surface area contributed by atoms with Crippen LogP contribution in [0.15, 0.2) is 29.6 Å². The average Bonchev–Trinajstić information content (AvgIpc) is 2.81. The zero-order valence-electron chi connectivity index (χ0n) is 12.5. The average molecular weight is 307 g/mol. The number of amides is 1. The summed E-state index contributed by atoms with van der Waals surface area (Å²) in [5.74, 6) is 0.400. The zero-order valence-corrected chi connectivity index (χ0v) is 13.4. The Morgan fingerprint density at radius 1 is 1.48 bits per heavy atom. The van der Waals surface area contributed by atoms with Crippen LogP contribution >= 0.6 is 11.8 Å². The molecule has 0 saturated carbocycles. The van der Waals surface area contributed by atoms with E-state index >= 15 is 0 Å². The lowest BCUT2D eigenvalue weighted by molar-refractivity contribution is -0.124. The van der Waals surface area contributed by atoms with Gasteiger partial charge in [-0.25, -0.2) is 0 Å². The van der Waals surface area contributed by atoms with Crippen LogP contribution in [0.2, 0.25) is 0 Å². The monoisotopic (exact) mass is 307 g/mol. The van der Waals surface area contributed by atoms with Gasteiger partial charge in [0.1, 0.15) is 0 Å². The Bertz CT molecular complexity index is 627. The first-order valence-corrected chi connectivity index (χ1v) is 7.91. The molecule has 1 amide bonds. The molecule has 0 aliphatic heterocycles. The minimum Gasteiger partial charge on any atom is -0.368 e. The van der Waals surface area contributed by atoms with Crippen LogP contribution in [0.3, 0.4) is 0 Å². The van der Waals surface area contributed by atoms with Gasteiger partial charge in [-0.05, 0) is 39.3 Å². The van der Waals surface area contributed by atoms with Gasteiger partial charge in [-0.15, -0.1) is 10.2 Å². The molecule has 0 aromatic carbocycles. The first-order chi connectivity index (χ1) is 9.92. The minimum absolute atomic E-state index is 0.196. The summed E-state index contributed by atoms with van der Waals surface area (Å²) in [5, 5.41) is 12.3. The van der Waals surface area contributed by atoms with Gasteiger partial charge in [-0.1, -0.05) is 17.8 Å². The maximum Gasteiger partial charge on any atom is 0.237 e. The number of pyridine rings is 1. The van der Waals surface area contributed by atoms with Gasteiger partial charge < -0.3 is 11.1 Å². The fraction of sp³-hybridized carbons (Fsp3) is 0.500. The van der Waals surface area contributed by atoms with Crippen molar-refractivity contribution < 1.29 is 4.79 Å². The molecule has 0 radical (unpaired) electrons. The van der Waals surface area contributed by atoms with Crippen LogP contribution < -0.4 is 11.1 Å². The Kier molecular flexibility index (Phi) is 4.84. The standard InChI is InChI=1S/C14H21N5OS/c1-10(2)16-14(3,12(15)20)7-9-21-13-18-17-11-6-4-5-8-19(11)13/h4-6,8,10,16H,7,9H2,1-3H3,(H2,15,20). The van der Waals surface area contributed by atoms with E-state index < -0.39 is 5.54 Å². The lowest BCUT2D eigenvalue weighted by atomic mass is 9.97. The van der Waals surface area contributed by atoms with Crippen molar-refractivity contribution in [2.45, 2.75) is 43.9 Å². The molecule has 2 rings (SSSR count). The number of hydrogen-bond donors (Lipinski definition) is 2. The second-order valence-electron chi connectivity index (χ2n) is 5.51. The summed E-state index contributed by atoms with van der Waals surface area (Å²) >= 11 is 1.57. The van der Waals surface area contributed by atoms with Gasteiger partial charge >= 0.3 is 0 Å². The zero-order chi connectivity index (χ0) is 15.5. The Morgan fingerprint density at radius 3 is 2.90 bits per heavy atom. The third-order valence-corrected chi connectivity index (χ3v) is 4.21. The van der Waals surface area contributed by atoms with Crippen LogP contribution in [0.5, 0.6) is 0 Å². The Balaban J connectivity index is 2.01. The van der Waals surface area contributed by atoms with Crippen molar-refractivity contribution in [3.63, 3.8) is 0 Å². The summed E-state index contributed by atoms with van der Waals surface area (Å²) in [6.07, 6.45) is 2.56. The van der Waals surface area contributed by atoms with E-state index in [1.807, 2.05) is 49.6 Å². The largest absolute Gasteiger partial charge is 0.368 e. The SMILES string of the molecule is CC(C)NC(C)(CCSc1nnc2ccccn12)C(N)=O. The van der Waals surface area contributed by atoms with Crippen LogP contribution in [-0.2, 0) is 4.79 Å². The second-order valence-corrected chi connectivity index (χ2v) is 6.57. The molecule has 21 heavy (non-hydrogen) atoms. The molecule has 2 aromatic rings. The van der Waals surface area contributed by atoms with E-state index in [9.17, 15) is 4.79 Å². The van der Waals surface area contributed by atoms with Crippen LogP contribution in [0.25, 0.3) is 5.65 Å². The van der Waals surface area contributed by atoms with Crippen molar-refractivity contribution in [1.82, 2.24) is 19.9 Å². The first kappa shape index (κ1) is 15.8. The number of aromatic nitrogens is 3. The first-order valence-electron chi connectivity index (χ1n) is 6.92. The van der Waals surface area contributed by atoms with Gasteiger partial charge in [-0.2, -0.15) is 0 Å². The molecule has 0 bridgehead atoms. The number of thioether (sulfide) groups is 1. The van der Waals surface area contributed by atoms with Gasteiger partial charge in [0, 0.05) is 18.0 Å². The second kappa shape index (κ2) is 6.44. The number of nitrogens with two attached hydrogens (primary N) is 1. The molecule has 6 nitrogen and oxygen atoms in total. The van der Waals surface area contributed by atoms with E-state index in [4.69, 9.17) is 5.73 Å². The fourth-order valence-corrected chi connectivity index (χ4v) is 3.25. The lowest BCUT2D eigenvalue weighted by Gasteiger charge is -2.29. The normalized spacial score (nSPS) is 14.5. The highest BCUT2D eigenvalue weighted by molar-refractivity contribution is 7.99. The molecule has 1 unspecified atom stereocenters. The molecule has 1 atom stereocenters. The van der Waals surface area contributed by atoms with Crippen molar-refractivity contribution in [1.29, 1.82) is 0 Å². The van der Waals surface area contributed by atoms with Crippen LogP contribution in [0.4, 0.5) is 0 Å². The number of carbonyl (C=O) groups is 1. The molecule has 114 valence electrons. The molecule has 0 aliphatic rings. The van der Waals surface area contributed by atoms with Crippen molar-refractivity contribution in [3.05, 3.63) is 24.4 Å². The third-order valence-electron chi connectivity index (χ3n) is 3.27. The van der Waals surface area contributed by atoms with Gasteiger partial charge in [0.05, 0.1) is 5.54 Å². The molecule has 0 fully saturated rings. The van der Waals surface area contributed by atoms with Crippen molar-refractivity contribution in [3.8, 4) is 0 Å². The summed E-state index contributed by atoms with van der Waals surface area (Å²) in [7, 11) is 0. The molecular formula is C14H21N5OS. The fourth-order valence-electron chi connectivity index (χ4n) is 2.17. The van der Waals surface area contributed by atoms with Crippen LogP contribution in [-0.4, -0.2) is 37.8 Å². The van der Waals surface area contributed by atoms with E-state index in [0.717, 1.165) is 16.6 Å². The molecule has 0 spiro atoms. The number of nitrogens with zero attached hydrogens (tertiary/aromatic N) is 3. The molecule has 0 aliphatic carbocycles. The van der Waals surface area contributed by atoms with Gasteiger partial charge in [0.15, 0.2) is 10.8 Å². The van der Waals surface area contributed by atoms with Crippen LogP contribution in [0, 0.1) is 0 Å². The summed E-state index contributed by atoms with van der Waals surface area (Å²) in [6.45, 7) is 5.85. The van der Waals surface area contributed by atoms with Crippen molar-refractivity contribution in [2.75, 3.05) is 5.75 Å². The molecule has 0 saturated heterocycles. The van der Waals surface area contributed by atoms with Crippen molar-refractivity contribution >= 4 is 23.3 Å².